The molecule has 0 saturated heterocycles. The Labute approximate surface area is 113 Å². The van der Waals surface area contributed by atoms with E-state index in [1.807, 2.05) is 13.0 Å². The van der Waals surface area contributed by atoms with E-state index < -0.39 is 0 Å². The second-order valence-electron chi connectivity index (χ2n) is 4.92. The fourth-order valence-corrected chi connectivity index (χ4v) is 2.50. The Morgan fingerprint density at radius 2 is 2.11 bits per heavy atom. The Morgan fingerprint density at radius 1 is 1.37 bits per heavy atom. The first kappa shape index (κ1) is 13.6. The lowest BCUT2D eigenvalue weighted by atomic mass is 10.1. The molecule has 0 saturated carbocycles. The third kappa shape index (κ3) is 2.95. The van der Waals surface area contributed by atoms with Crippen molar-refractivity contribution < 1.29 is 14.3 Å². The fraction of sp³-hybridized carbons (Fsp3) is 0.467. The molecule has 102 valence electrons. The van der Waals surface area contributed by atoms with Crippen molar-refractivity contribution in [2.24, 2.45) is 0 Å². The smallest absolute Gasteiger partial charge is 0.302 e. The topological polar surface area (TPSA) is 48.3 Å². The lowest BCUT2D eigenvalue weighted by molar-refractivity contribution is -0.140. The van der Waals surface area contributed by atoms with Gasteiger partial charge in [-0.05, 0) is 32.4 Å². The van der Waals surface area contributed by atoms with Crippen LogP contribution in [0.15, 0.2) is 11.6 Å². The van der Waals surface area contributed by atoms with Gasteiger partial charge >= 0.3 is 5.97 Å². The maximum Gasteiger partial charge on any atom is 0.302 e. The van der Waals surface area contributed by atoms with E-state index in [-0.39, 0.29) is 11.8 Å². The summed E-state index contributed by atoms with van der Waals surface area (Å²) in [5.41, 5.74) is 4.18. The first-order valence-corrected chi connectivity index (χ1v) is 6.53. The molecule has 19 heavy (non-hydrogen) atoms. The van der Waals surface area contributed by atoms with Gasteiger partial charge in [0.15, 0.2) is 5.78 Å². The van der Waals surface area contributed by atoms with Gasteiger partial charge in [-0.25, -0.2) is 0 Å². The number of ether oxygens (including phenoxy) is 1. The van der Waals surface area contributed by atoms with Gasteiger partial charge < -0.3 is 9.30 Å². The van der Waals surface area contributed by atoms with Crippen molar-refractivity contribution in [3.05, 3.63) is 28.6 Å². The number of hydrogen-bond donors (Lipinski definition) is 0. The number of nitrogens with zero attached hydrogens (tertiary/aromatic N) is 1. The van der Waals surface area contributed by atoms with Crippen molar-refractivity contribution >= 4 is 17.8 Å². The normalized spacial score (nSPS) is 13.7. The lowest BCUT2D eigenvalue weighted by Gasteiger charge is -2.17. The van der Waals surface area contributed by atoms with Crippen molar-refractivity contribution in [3.63, 3.8) is 0 Å². The summed E-state index contributed by atoms with van der Waals surface area (Å²) in [5, 5.41) is 0. The molecule has 0 atom stereocenters. The van der Waals surface area contributed by atoms with Crippen LogP contribution >= 0.6 is 0 Å². The van der Waals surface area contributed by atoms with Crippen molar-refractivity contribution in [1.29, 1.82) is 0 Å². The minimum Gasteiger partial charge on any atom is -0.466 e. The van der Waals surface area contributed by atoms with Crippen LogP contribution in [0.1, 0.15) is 48.4 Å². The zero-order valence-electron chi connectivity index (χ0n) is 11.7. The number of esters is 1. The molecule has 4 heteroatoms. The van der Waals surface area contributed by atoms with E-state index in [9.17, 15) is 9.59 Å². The number of fused-ring (bicyclic) bond motifs is 1. The van der Waals surface area contributed by atoms with Crippen LogP contribution in [0.3, 0.4) is 0 Å². The number of ketones is 1. The van der Waals surface area contributed by atoms with Crippen molar-refractivity contribution in [1.82, 2.24) is 4.57 Å². The highest BCUT2D eigenvalue weighted by Gasteiger charge is 2.17. The standard InChI is InChI=1S/C15H19NO3/c1-10-15(11(2)17)9-14-8-13(4-6-16(10)14)5-7-19-12(3)18/h8-9H,4-7H2,1-3H3. The number of carbonyl (C=O) groups excluding carboxylic acids is 2. The van der Waals surface area contributed by atoms with Gasteiger partial charge in [-0.2, -0.15) is 0 Å². The molecule has 0 bridgehead atoms. The van der Waals surface area contributed by atoms with Gasteiger partial charge in [0.2, 0.25) is 0 Å². The zero-order valence-corrected chi connectivity index (χ0v) is 11.7. The second-order valence-corrected chi connectivity index (χ2v) is 4.92. The van der Waals surface area contributed by atoms with Crippen LogP contribution < -0.4 is 0 Å². The molecule has 1 aromatic rings. The summed E-state index contributed by atoms with van der Waals surface area (Å²) >= 11 is 0. The highest BCUT2D eigenvalue weighted by Crippen LogP contribution is 2.26. The predicted octanol–water partition coefficient (Wildman–Crippen LogP) is 2.74. The summed E-state index contributed by atoms with van der Waals surface area (Å²) in [6.45, 7) is 6.32. The number of Topliss-reactive ketones (excluding diaryl/α,β-unsaturated/α-hetero) is 1. The first-order valence-electron chi connectivity index (χ1n) is 6.53. The van der Waals surface area contributed by atoms with E-state index in [0.29, 0.717) is 6.61 Å². The quantitative estimate of drug-likeness (QED) is 0.618. The van der Waals surface area contributed by atoms with Crippen molar-refractivity contribution in [3.8, 4) is 0 Å². The van der Waals surface area contributed by atoms with E-state index in [1.54, 1.807) is 6.92 Å². The summed E-state index contributed by atoms with van der Waals surface area (Å²) in [5.74, 6) is -0.135. The van der Waals surface area contributed by atoms with E-state index in [0.717, 1.165) is 36.3 Å². The Morgan fingerprint density at radius 3 is 2.74 bits per heavy atom. The molecule has 0 aliphatic carbocycles. The Bertz CT molecular complexity index is 552. The number of rotatable bonds is 4. The fourth-order valence-electron chi connectivity index (χ4n) is 2.50. The molecule has 0 N–H and O–H groups in total. The largest absolute Gasteiger partial charge is 0.466 e. The molecule has 2 heterocycles. The Hall–Kier alpha value is -1.84. The van der Waals surface area contributed by atoms with Gasteiger partial charge in [0.05, 0.1) is 6.61 Å². The molecule has 1 aromatic heterocycles. The van der Waals surface area contributed by atoms with Gasteiger partial charge in [-0.15, -0.1) is 0 Å². The van der Waals surface area contributed by atoms with Crippen LogP contribution in [0.25, 0.3) is 6.08 Å². The number of hydrogen-bond acceptors (Lipinski definition) is 3. The van der Waals surface area contributed by atoms with Crippen LogP contribution in [0, 0.1) is 6.92 Å². The molecule has 1 aliphatic rings. The second kappa shape index (κ2) is 5.43. The van der Waals surface area contributed by atoms with Crippen LogP contribution in [-0.2, 0) is 16.1 Å². The summed E-state index contributed by atoms with van der Waals surface area (Å²) in [6, 6.07) is 1.95. The summed E-state index contributed by atoms with van der Waals surface area (Å²) < 4.78 is 7.13. The maximum absolute atomic E-state index is 11.5. The predicted molar refractivity (Wildman–Crippen MR) is 73.0 cm³/mol. The van der Waals surface area contributed by atoms with Gasteiger partial charge in [0, 0.05) is 36.8 Å². The van der Waals surface area contributed by atoms with Gasteiger partial charge in [0.1, 0.15) is 0 Å². The molecule has 0 aromatic carbocycles. The monoisotopic (exact) mass is 261 g/mol. The molecule has 0 unspecified atom stereocenters. The van der Waals surface area contributed by atoms with E-state index in [4.69, 9.17) is 4.74 Å². The van der Waals surface area contributed by atoms with Crippen molar-refractivity contribution in [2.45, 2.75) is 40.2 Å². The molecule has 4 nitrogen and oxygen atoms in total. The number of aromatic nitrogens is 1. The van der Waals surface area contributed by atoms with Gasteiger partial charge in [0.25, 0.3) is 0 Å². The van der Waals surface area contributed by atoms with Gasteiger partial charge in [-0.1, -0.05) is 5.57 Å². The third-order valence-corrected chi connectivity index (χ3v) is 3.51. The van der Waals surface area contributed by atoms with E-state index in [1.165, 1.54) is 12.5 Å². The zero-order chi connectivity index (χ0) is 14.0. The summed E-state index contributed by atoms with van der Waals surface area (Å²) in [6.07, 6.45) is 3.81. The number of carbonyl (C=O) groups is 2. The first-order chi connectivity index (χ1) is 8.99. The lowest BCUT2D eigenvalue weighted by Crippen LogP contribution is -2.10. The Kier molecular flexibility index (Phi) is 3.88. The average Bonchev–Trinajstić information content (AvgIpc) is 2.66. The molecule has 0 amide bonds. The molecule has 1 aliphatic heterocycles. The Balaban J connectivity index is 2.14. The summed E-state index contributed by atoms with van der Waals surface area (Å²) in [7, 11) is 0. The van der Waals surface area contributed by atoms with Crippen LogP contribution in [-0.4, -0.2) is 22.9 Å². The minimum atomic E-state index is -0.241. The molecule has 0 radical (unpaired) electrons. The van der Waals surface area contributed by atoms with Crippen LogP contribution in [0.4, 0.5) is 0 Å². The minimum absolute atomic E-state index is 0.106. The van der Waals surface area contributed by atoms with Gasteiger partial charge in [-0.3, -0.25) is 9.59 Å². The van der Waals surface area contributed by atoms with Crippen LogP contribution in [0.5, 0.6) is 0 Å². The van der Waals surface area contributed by atoms with Crippen LogP contribution in [0.2, 0.25) is 0 Å². The molecule has 0 fully saturated rings. The molecule has 2 rings (SSSR count). The maximum atomic E-state index is 11.5. The van der Waals surface area contributed by atoms with E-state index in [2.05, 4.69) is 10.6 Å². The molecule has 0 spiro atoms. The average molecular weight is 261 g/mol. The summed E-state index contributed by atoms with van der Waals surface area (Å²) in [4.78, 5) is 22.2. The SMILES string of the molecule is CC(=O)OCCC1=Cc2cc(C(C)=O)c(C)n2CC1. The molecular formula is C15H19NO3. The third-order valence-electron chi connectivity index (χ3n) is 3.51. The van der Waals surface area contributed by atoms with E-state index >= 15 is 0 Å². The highest BCUT2D eigenvalue weighted by molar-refractivity contribution is 5.96. The molecular weight excluding hydrogens is 242 g/mol. The van der Waals surface area contributed by atoms with Crippen molar-refractivity contribution in [2.75, 3.05) is 6.61 Å². The highest BCUT2D eigenvalue weighted by atomic mass is 16.5.